The van der Waals surface area contributed by atoms with Crippen molar-refractivity contribution in [1.29, 1.82) is 0 Å². The van der Waals surface area contributed by atoms with Crippen LogP contribution in [0, 0.1) is 0 Å². The molecule has 0 atom stereocenters. The van der Waals surface area contributed by atoms with Gasteiger partial charge >= 0.3 is 0 Å². The lowest BCUT2D eigenvalue weighted by atomic mass is 10.1. The van der Waals surface area contributed by atoms with E-state index in [9.17, 15) is 18.3 Å². The van der Waals surface area contributed by atoms with Crippen LogP contribution in [-0.4, -0.2) is 30.2 Å². The Morgan fingerprint density at radius 2 is 1.75 bits per heavy atom. The van der Waals surface area contributed by atoms with Crippen molar-refractivity contribution in [2.75, 3.05) is 11.1 Å². The molecule has 6 nitrogen and oxygen atoms in total. The third-order valence-corrected chi connectivity index (χ3v) is 7.65. The second-order valence-electron chi connectivity index (χ2n) is 7.45. The average molecular weight is 467 g/mol. The second kappa shape index (κ2) is 9.50. The number of para-hydroxylation sites is 1. The van der Waals surface area contributed by atoms with Crippen molar-refractivity contribution in [2.24, 2.45) is 0 Å². The van der Waals surface area contributed by atoms with E-state index in [0.29, 0.717) is 16.3 Å². The molecule has 8 heteroatoms. The van der Waals surface area contributed by atoms with Gasteiger partial charge < -0.3 is 10.4 Å². The van der Waals surface area contributed by atoms with Gasteiger partial charge in [-0.3, -0.25) is 4.79 Å². The summed E-state index contributed by atoms with van der Waals surface area (Å²) in [6, 6.07) is 21.5. The number of benzene rings is 3. The zero-order valence-corrected chi connectivity index (χ0v) is 18.8. The molecule has 0 bridgehead atoms. The van der Waals surface area contributed by atoms with E-state index in [1.807, 2.05) is 30.3 Å². The molecule has 0 saturated carbocycles. The van der Waals surface area contributed by atoms with E-state index in [0.717, 1.165) is 15.8 Å². The lowest BCUT2D eigenvalue weighted by molar-refractivity contribution is -0.116. The van der Waals surface area contributed by atoms with Crippen LogP contribution in [0.5, 0.6) is 5.75 Å². The Kier molecular flexibility index (Phi) is 6.53. The highest BCUT2D eigenvalue weighted by atomic mass is 32.2. The topological polar surface area (TPSA) is 96.4 Å². The molecule has 32 heavy (non-hydrogen) atoms. The third-order valence-electron chi connectivity index (χ3n) is 4.89. The summed E-state index contributed by atoms with van der Waals surface area (Å²) in [5.74, 6) is -0.282. The lowest BCUT2D eigenvalue weighted by Gasteiger charge is -2.08. The first-order chi connectivity index (χ1) is 15.4. The van der Waals surface area contributed by atoms with E-state index in [1.165, 1.54) is 17.4 Å². The predicted octanol–water partition coefficient (Wildman–Crippen LogP) is 5.00. The molecule has 0 aliphatic carbocycles. The average Bonchev–Trinajstić information content (AvgIpc) is 3.19. The smallest absolute Gasteiger partial charge is 0.224 e. The molecule has 1 amide bonds. The Bertz CT molecular complexity index is 1320. The molecule has 1 aromatic heterocycles. The van der Waals surface area contributed by atoms with Gasteiger partial charge in [-0.15, -0.1) is 11.3 Å². The minimum atomic E-state index is -3.28. The third kappa shape index (κ3) is 5.52. The zero-order chi connectivity index (χ0) is 22.6. The van der Waals surface area contributed by atoms with Crippen LogP contribution in [0.2, 0.25) is 0 Å². The first kappa shape index (κ1) is 22.0. The lowest BCUT2D eigenvalue weighted by Crippen LogP contribution is -2.15. The number of thiazole rings is 1. The number of hydrogen-bond donors (Lipinski definition) is 2. The number of phenols is 1. The summed E-state index contributed by atoms with van der Waals surface area (Å²) in [6.45, 7) is 0. The van der Waals surface area contributed by atoms with E-state index in [1.54, 1.807) is 36.4 Å². The predicted molar refractivity (Wildman–Crippen MR) is 129 cm³/mol. The van der Waals surface area contributed by atoms with E-state index in [4.69, 9.17) is 0 Å². The van der Waals surface area contributed by atoms with Gasteiger partial charge in [0, 0.05) is 12.1 Å². The highest BCUT2D eigenvalue weighted by molar-refractivity contribution is 7.90. The molecule has 0 unspecified atom stereocenters. The molecule has 3 aromatic carbocycles. The van der Waals surface area contributed by atoms with E-state index in [-0.39, 0.29) is 36.0 Å². The minimum Gasteiger partial charge on any atom is -0.507 e. The number of carbonyl (C=O) groups is 1. The number of carbonyl (C=O) groups excluding carboxylic acids is 1. The molecule has 0 saturated heterocycles. The quantitative estimate of drug-likeness (QED) is 0.356. The van der Waals surface area contributed by atoms with Gasteiger partial charge in [0.2, 0.25) is 5.91 Å². The van der Waals surface area contributed by atoms with Crippen LogP contribution < -0.4 is 5.32 Å². The van der Waals surface area contributed by atoms with Crippen molar-refractivity contribution in [3.8, 4) is 16.3 Å². The maximum atomic E-state index is 12.3. The summed E-state index contributed by atoms with van der Waals surface area (Å²) >= 11 is 1.46. The molecule has 0 aliphatic rings. The summed E-state index contributed by atoms with van der Waals surface area (Å²) in [7, 11) is -3.28. The van der Waals surface area contributed by atoms with Gasteiger partial charge in [-0.05, 0) is 42.3 Å². The largest absolute Gasteiger partial charge is 0.507 e. The highest BCUT2D eigenvalue weighted by Gasteiger charge is 2.15. The van der Waals surface area contributed by atoms with E-state index >= 15 is 0 Å². The summed E-state index contributed by atoms with van der Waals surface area (Å²) in [4.78, 5) is 16.9. The van der Waals surface area contributed by atoms with Gasteiger partial charge in [-0.25, -0.2) is 13.4 Å². The maximum Gasteiger partial charge on any atom is 0.224 e. The van der Waals surface area contributed by atoms with Gasteiger partial charge in [0.15, 0.2) is 9.84 Å². The molecule has 0 radical (unpaired) electrons. The molecular formula is C24H22N2O4S2. The second-order valence-corrected chi connectivity index (χ2v) is 10.7. The van der Waals surface area contributed by atoms with Gasteiger partial charge in [0.05, 0.1) is 27.3 Å². The number of phenolic OH excluding ortho intramolecular Hbond substituents is 1. The number of anilines is 1. The highest BCUT2D eigenvalue weighted by Crippen LogP contribution is 2.36. The number of nitrogens with one attached hydrogen (secondary N) is 1. The molecule has 164 valence electrons. The minimum absolute atomic E-state index is 0.0288. The summed E-state index contributed by atoms with van der Waals surface area (Å²) in [5.41, 5.74) is 2.64. The summed E-state index contributed by atoms with van der Waals surface area (Å²) < 4.78 is 25.6. The Hall–Kier alpha value is -3.23. The van der Waals surface area contributed by atoms with E-state index in [2.05, 4.69) is 10.3 Å². The number of rotatable bonds is 8. The number of fused-ring (bicyclic) bond motifs is 1. The zero-order valence-electron chi connectivity index (χ0n) is 17.2. The molecule has 0 spiro atoms. The van der Waals surface area contributed by atoms with Crippen LogP contribution >= 0.6 is 11.3 Å². The fraction of sp³-hybridized carbons (Fsp3) is 0.167. The van der Waals surface area contributed by atoms with Gasteiger partial charge in [0.25, 0.3) is 0 Å². The number of amides is 1. The fourth-order valence-electron chi connectivity index (χ4n) is 3.35. The van der Waals surface area contributed by atoms with Crippen LogP contribution in [-0.2, 0) is 20.4 Å². The Morgan fingerprint density at radius 1 is 1.00 bits per heavy atom. The Labute approximate surface area is 190 Å². The fourth-order valence-corrected chi connectivity index (χ4v) is 5.77. The van der Waals surface area contributed by atoms with Crippen molar-refractivity contribution >= 4 is 43.0 Å². The molecule has 0 fully saturated rings. The van der Waals surface area contributed by atoms with Crippen molar-refractivity contribution < 1.29 is 18.3 Å². The van der Waals surface area contributed by atoms with Crippen LogP contribution in [0.4, 0.5) is 5.69 Å². The first-order valence-corrected chi connectivity index (χ1v) is 12.8. The number of aromatic nitrogens is 1. The Morgan fingerprint density at radius 3 is 2.53 bits per heavy atom. The van der Waals surface area contributed by atoms with Crippen molar-refractivity contribution in [3.63, 3.8) is 0 Å². The number of nitrogens with zero attached hydrogens (tertiary/aromatic N) is 1. The molecule has 1 heterocycles. The molecule has 4 aromatic rings. The van der Waals surface area contributed by atoms with E-state index < -0.39 is 9.84 Å². The van der Waals surface area contributed by atoms with Crippen LogP contribution in [0.3, 0.4) is 0 Å². The van der Waals surface area contributed by atoms with Crippen molar-refractivity contribution in [1.82, 2.24) is 4.98 Å². The standard InChI is InChI=1S/C24H22N2O4S2/c27-21-13-12-18(15-19(21)24-26-20-9-4-5-10-22(20)31-24)25-23(28)11-6-14-32(29,30)16-17-7-2-1-3-8-17/h1-5,7-10,12-13,15,27H,6,11,14,16H2,(H,25,28). The number of hydrogen-bond acceptors (Lipinski definition) is 6. The summed E-state index contributed by atoms with van der Waals surface area (Å²) in [5, 5.41) is 13.7. The number of sulfone groups is 1. The van der Waals surface area contributed by atoms with Gasteiger partial charge in [-0.1, -0.05) is 42.5 Å². The van der Waals surface area contributed by atoms with Crippen LogP contribution in [0.1, 0.15) is 18.4 Å². The van der Waals surface area contributed by atoms with Crippen molar-refractivity contribution in [2.45, 2.75) is 18.6 Å². The van der Waals surface area contributed by atoms with Crippen molar-refractivity contribution in [3.05, 3.63) is 78.4 Å². The SMILES string of the molecule is O=C(CCCS(=O)(=O)Cc1ccccc1)Nc1ccc(O)c(-c2nc3ccccc3s2)c1. The van der Waals surface area contributed by atoms with Crippen LogP contribution in [0.15, 0.2) is 72.8 Å². The summed E-state index contributed by atoms with van der Waals surface area (Å²) in [6.07, 6.45) is 0.329. The van der Waals surface area contributed by atoms with Crippen LogP contribution in [0.25, 0.3) is 20.8 Å². The molecule has 2 N–H and O–H groups in total. The Balaban J connectivity index is 1.37. The monoisotopic (exact) mass is 466 g/mol. The first-order valence-electron chi connectivity index (χ1n) is 10.1. The maximum absolute atomic E-state index is 12.3. The molecule has 4 rings (SSSR count). The van der Waals surface area contributed by atoms with Gasteiger partial charge in [-0.2, -0.15) is 0 Å². The molecule has 0 aliphatic heterocycles. The normalized spacial score (nSPS) is 11.5. The number of aromatic hydroxyl groups is 1. The molecular weight excluding hydrogens is 444 g/mol. The van der Waals surface area contributed by atoms with Gasteiger partial charge in [0.1, 0.15) is 10.8 Å².